The number of hydrazine groups is 1. The van der Waals surface area contributed by atoms with Crippen LogP contribution in [0, 0.1) is 16.0 Å². The van der Waals surface area contributed by atoms with Crippen LogP contribution in [0.1, 0.15) is 38.2 Å². The van der Waals surface area contributed by atoms with E-state index in [0.717, 1.165) is 31.1 Å². The molecule has 0 amide bonds. The van der Waals surface area contributed by atoms with Gasteiger partial charge in [-0.2, -0.15) is 0 Å². The Labute approximate surface area is 125 Å². The van der Waals surface area contributed by atoms with Crippen molar-refractivity contribution in [1.82, 2.24) is 4.90 Å². The molecular formula is C15H24N4O2. The number of nitro groups is 1. The molecule has 0 spiro atoms. The fourth-order valence-corrected chi connectivity index (χ4v) is 3.06. The van der Waals surface area contributed by atoms with Crippen molar-refractivity contribution in [2.24, 2.45) is 11.8 Å². The molecular weight excluding hydrogens is 268 g/mol. The van der Waals surface area contributed by atoms with Gasteiger partial charge in [0.25, 0.3) is 5.69 Å². The summed E-state index contributed by atoms with van der Waals surface area (Å²) in [5.41, 5.74) is 3.87. The maximum Gasteiger partial charge on any atom is 0.293 e. The van der Waals surface area contributed by atoms with Gasteiger partial charge in [0.1, 0.15) is 5.69 Å². The van der Waals surface area contributed by atoms with E-state index in [2.05, 4.69) is 17.2 Å². The summed E-state index contributed by atoms with van der Waals surface area (Å²) in [6, 6.07) is 5.11. The van der Waals surface area contributed by atoms with Crippen molar-refractivity contribution in [2.45, 2.75) is 39.2 Å². The van der Waals surface area contributed by atoms with Crippen LogP contribution in [-0.4, -0.2) is 22.9 Å². The van der Waals surface area contributed by atoms with Gasteiger partial charge in [0.05, 0.1) is 4.92 Å². The highest BCUT2D eigenvalue weighted by Crippen LogP contribution is 2.27. The van der Waals surface area contributed by atoms with Crippen LogP contribution in [-0.2, 0) is 6.54 Å². The van der Waals surface area contributed by atoms with Crippen LogP contribution in [0.25, 0.3) is 0 Å². The number of hydrogen-bond donors (Lipinski definition) is 2. The number of anilines is 1. The molecule has 1 aromatic carbocycles. The molecule has 6 nitrogen and oxygen atoms in total. The molecule has 0 saturated carbocycles. The molecule has 0 bridgehead atoms. The number of piperidine rings is 1. The largest absolute Gasteiger partial charge is 0.318 e. The molecule has 3 N–H and O–H groups in total. The standard InChI is InChI=1S/C15H24N4O2/c1-2-3-12-6-8-18(9-7-12)11-13-4-5-15(19(20)21)14(10-13)17-16/h4-5,10,12,17H,2-3,6-9,11,16H2,1H3. The first-order valence-corrected chi connectivity index (χ1v) is 7.60. The first kappa shape index (κ1) is 15.7. The van der Waals surface area contributed by atoms with E-state index in [0.29, 0.717) is 5.69 Å². The number of hydrogen-bond acceptors (Lipinski definition) is 5. The number of nitrogens with two attached hydrogens (primary N) is 1. The third-order valence-electron chi connectivity index (χ3n) is 4.22. The normalized spacial score (nSPS) is 16.9. The smallest absolute Gasteiger partial charge is 0.293 e. The summed E-state index contributed by atoms with van der Waals surface area (Å²) >= 11 is 0. The summed E-state index contributed by atoms with van der Waals surface area (Å²) in [6.07, 6.45) is 5.09. The van der Waals surface area contributed by atoms with Crippen LogP contribution in [0.3, 0.4) is 0 Å². The molecule has 1 aliphatic rings. The zero-order valence-corrected chi connectivity index (χ0v) is 12.5. The van der Waals surface area contributed by atoms with Gasteiger partial charge >= 0.3 is 0 Å². The fourth-order valence-electron chi connectivity index (χ4n) is 3.06. The lowest BCUT2D eigenvalue weighted by Crippen LogP contribution is -2.33. The Bertz CT molecular complexity index is 485. The van der Waals surface area contributed by atoms with Crippen LogP contribution in [0.5, 0.6) is 0 Å². The van der Waals surface area contributed by atoms with E-state index in [1.165, 1.54) is 31.7 Å². The van der Waals surface area contributed by atoms with Gasteiger partial charge in [-0.25, -0.2) is 0 Å². The molecule has 6 heteroatoms. The molecule has 21 heavy (non-hydrogen) atoms. The molecule has 0 atom stereocenters. The highest BCUT2D eigenvalue weighted by atomic mass is 16.6. The van der Waals surface area contributed by atoms with Crippen molar-refractivity contribution < 1.29 is 4.92 Å². The second-order valence-electron chi connectivity index (χ2n) is 5.76. The molecule has 1 aliphatic heterocycles. The number of nitrogen functional groups attached to an aromatic ring is 1. The molecule has 1 aromatic rings. The lowest BCUT2D eigenvalue weighted by Gasteiger charge is -2.31. The van der Waals surface area contributed by atoms with Crippen molar-refractivity contribution in [3.63, 3.8) is 0 Å². The molecule has 1 heterocycles. The van der Waals surface area contributed by atoms with Crippen LogP contribution in [0.2, 0.25) is 0 Å². The van der Waals surface area contributed by atoms with Gasteiger partial charge in [0.15, 0.2) is 0 Å². The predicted molar refractivity (Wildman–Crippen MR) is 83.8 cm³/mol. The second-order valence-corrected chi connectivity index (χ2v) is 5.76. The van der Waals surface area contributed by atoms with Crippen LogP contribution < -0.4 is 11.3 Å². The quantitative estimate of drug-likeness (QED) is 0.478. The molecule has 0 aliphatic carbocycles. The van der Waals surface area contributed by atoms with E-state index in [1.54, 1.807) is 6.07 Å². The third kappa shape index (κ3) is 4.15. The van der Waals surface area contributed by atoms with E-state index in [1.807, 2.05) is 6.07 Å². The molecule has 0 radical (unpaired) electrons. The Hall–Kier alpha value is -1.66. The molecule has 0 unspecified atom stereocenters. The molecule has 116 valence electrons. The Morgan fingerprint density at radius 2 is 2.14 bits per heavy atom. The van der Waals surface area contributed by atoms with Crippen molar-refractivity contribution in [1.29, 1.82) is 0 Å². The number of nitrogens with one attached hydrogen (secondary N) is 1. The summed E-state index contributed by atoms with van der Waals surface area (Å²) in [5, 5.41) is 10.9. The summed E-state index contributed by atoms with van der Waals surface area (Å²) in [5.74, 6) is 6.24. The lowest BCUT2D eigenvalue weighted by molar-refractivity contribution is -0.384. The molecule has 2 rings (SSSR count). The first-order chi connectivity index (χ1) is 10.1. The van der Waals surface area contributed by atoms with Crippen molar-refractivity contribution >= 4 is 11.4 Å². The van der Waals surface area contributed by atoms with Crippen LogP contribution in [0.4, 0.5) is 11.4 Å². The van der Waals surface area contributed by atoms with Gasteiger partial charge < -0.3 is 5.43 Å². The van der Waals surface area contributed by atoms with Gasteiger partial charge in [-0.15, -0.1) is 0 Å². The fraction of sp³-hybridized carbons (Fsp3) is 0.600. The van der Waals surface area contributed by atoms with E-state index < -0.39 is 4.92 Å². The zero-order valence-electron chi connectivity index (χ0n) is 12.5. The Balaban J connectivity index is 1.96. The van der Waals surface area contributed by atoms with Gasteiger partial charge in [0.2, 0.25) is 0 Å². The number of rotatable bonds is 6. The van der Waals surface area contributed by atoms with Crippen molar-refractivity contribution in [3.05, 3.63) is 33.9 Å². The number of nitro benzene ring substituents is 1. The van der Waals surface area contributed by atoms with Crippen molar-refractivity contribution in [3.8, 4) is 0 Å². The average Bonchev–Trinajstić information content (AvgIpc) is 2.49. The number of benzene rings is 1. The van der Waals surface area contributed by atoms with E-state index in [9.17, 15) is 10.1 Å². The second kappa shape index (κ2) is 7.38. The van der Waals surface area contributed by atoms with E-state index in [-0.39, 0.29) is 5.69 Å². The Kier molecular flexibility index (Phi) is 5.52. The monoisotopic (exact) mass is 292 g/mol. The zero-order chi connectivity index (χ0) is 15.2. The maximum absolute atomic E-state index is 10.9. The lowest BCUT2D eigenvalue weighted by atomic mass is 9.92. The minimum Gasteiger partial charge on any atom is -0.318 e. The molecule has 0 aromatic heterocycles. The maximum atomic E-state index is 10.9. The van der Waals surface area contributed by atoms with Gasteiger partial charge in [0, 0.05) is 12.6 Å². The number of nitrogens with zero attached hydrogens (tertiary/aromatic N) is 2. The van der Waals surface area contributed by atoms with Crippen molar-refractivity contribution in [2.75, 3.05) is 18.5 Å². The minimum atomic E-state index is -0.421. The Morgan fingerprint density at radius 1 is 1.43 bits per heavy atom. The van der Waals surface area contributed by atoms with E-state index >= 15 is 0 Å². The summed E-state index contributed by atoms with van der Waals surface area (Å²) in [7, 11) is 0. The first-order valence-electron chi connectivity index (χ1n) is 7.60. The third-order valence-corrected chi connectivity index (χ3v) is 4.22. The minimum absolute atomic E-state index is 0.0166. The highest BCUT2D eigenvalue weighted by Gasteiger charge is 2.19. The van der Waals surface area contributed by atoms with Gasteiger partial charge in [-0.05, 0) is 43.5 Å². The van der Waals surface area contributed by atoms with Crippen LogP contribution >= 0.6 is 0 Å². The number of likely N-dealkylation sites (tertiary alicyclic amines) is 1. The van der Waals surface area contributed by atoms with E-state index in [4.69, 9.17) is 5.84 Å². The highest BCUT2D eigenvalue weighted by molar-refractivity contribution is 5.62. The SMILES string of the molecule is CCCC1CCN(Cc2ccc([N+](=O)[O-])c(NN)c2)CC1. The molecule has 1 saturated heterocycles. The predicted octanol–water partition coefficient (Wildman–Crippen LogP) is 2.89. The average molecular weight is 292 g/mol. The topological polar surface area (TPSA) is 84.4 Å². The Morgan fingerprint density at radius 3 is 2.71 bits per heavy atom. The van der Waals surface area contributed by atoms with Gasteiger partial charge in [-0.3, -0.25) is 20.9 Å². The summed E-state index contributed by atoms with van der Waals surface area (Å²) in [6.45, 7) is 5.27. The summed E-state index contributed by atoms with van der Waals surface area (Å²) in [4.78, 5) is 12.9. The van der Waals surface area contributed by atoms with Gasteiger partial charge in [-0.1, -0.05) is 25.8 Å². The molecule has 1 fully saturated rings. The summed E-state index contributed by atoms with van der Waals surface area (Å²) < 4.78 is 0. The van der Waals surface area contributed by atoms with Crippen LogP contribution in [0.15, 0.2) is 18.2 Å².